The lowest BCUT2D eigenvalue weighted by Crippen LogP contribution is -2.43. The highest BCUT2D eigenvalue weighted by atomic mass is 32.3. The molecule has 2 fully saturated rings. The second kappa shape index (κ2) is 16.6. The Labute approximate surface area is 250 Å². The lowest BCUT2D eigenvalue weighted by Gasteiger charge is -2.38. The molecular formula is C33H45NO7S. The Morgan fingerprint density at radius 1 is 0.833 bits per heavy atom. The average Bonchev–Trinajstić information content (AvgIpc) is 3.15. The van der Waals surface area contributed by atoms with Crippen LogP contribution in [0.1, 0.15) is 81.1 Å². The van der Waals surface area contributed by atoms with Gasteiger partial charge in [-0.3, -0.25) is 9.11 Å². The largest absolute Gasteiger partial charge is 0.508 e. The van der Waals surface area contributed by atoms with E-state index in [1.807, 2.05) is 0 Å². The summed E-state index contributed by atoms with van der Waals surface area (Å²) in [6.45, 7) is 2.18. The predicted molar refractivity (Wildman–Crippen MR) is 165 cm³/mol. The molecule has 2 atom stereocenters. The maximum Gasteiger partial charge on any atom is 0.394 e. The number of ether oxygens (including phenoxy) is 1. The van der Waals surface area contributed by atoms with Gasteiger partial charge in [-0.05, 0) is 68.3 Å². The van der Waals surface area contributed by atoms with Crippen molar-refractivity contribution in [2.45, 2.75) is 89.0 Å². The summed E-state index contributed by atoms with van der Waals surface area (Å²) in [5.74, 6) is 0.335. The van der Waals surface area contributed by atoms with Gasteiger partial charge in [0.1, 0.15) is 17.6 Å². The fourth-order valence-corrected chi connectivity index (χ4v) is 5.78. The fourth-order valence-electron chi connectivity index (χ4n) is 5.78. The van der Waals surface area contributed by atoms with Crippen molar-refractivity contribution in [2.75, 3.05) is 7.05 Å². The van der Waals surface area contributed by atoms with Crippen LogP contribution >= 0.6 is 0 Å². The van der Waals surface area contributed by atoms with Gasteiger partial charge in [0.15, 0.2) is 0 Å². The minimum atomic E-state index is -4.67. The maximum atomic E-state index is 9.49. The second-order valence-corrected chi connectivity index (χ2v) is 11.9. The first-order valence-corrected chi connectivity index (χ1v) is 16.1. The Hall–Kier alpha value is -2.95. The number of rotatable bonds is 9. The maximum absolute atomic E-state index is 9.49. The molecule has 2 bridgehead atoms. The van der Waals surface area contributed by atoms with Crippen LogP contribution in [0.25, 0.3) is 0 Å². The van der Waals surface area contributed by atoms with Crippen molar-refractivity contribution in [1.29, 1.82) is 0 Å². The third kappa shape index (κ3) is 11.4. The zero-order chi connectivity index (χ0) is 30.5. The number of phenols is 2. The number of fused-ring (bicyclic) bond motifs is 2. The van der Waals surface area contributed by atoms with Gasteiger partial charge < -0.3 is 19.8 Å². The molecule has 4 N–H and O–H groups in total. The van der Waals surface area contributed by atoms with Crippen molar-refractivity contribution in [1.82, 2.24) is 4.90 Å². The monoisotopic (exact) mass is 599 g/mol. The van der Waals surface area contributed by atoms with E-state index in [-0.39, 0.29) is 17.6 Å². The number of unbranched alkanes of at least 4 members (excludes halogenated alkanes) is 3. The van der Waals surface area contributed by atoms with Crippen LogP contribution in [0, 0.1) is 0 Å². The van der Waals surface area contributed by atoms with E-state index in [1.54, 1.807) is 12.1 Å². The fraction of sp³-hybridized carbons (Fsp3) is 0.455. The van der Waals surface area contributed by atoms with Crippen LogP contribution in [0.15, 0.2) is 78.9 Å². The van der Waals surface area contributed by atoms with Crippen LogP contribution < -0.4 is 0 Å². The quantitative estimate of drug-likeness (QED) is 0.153. The summed E-state index contributed by atoms with van der Waals surface area (Å²) in [6.07, 6.45) is 11.1. The molecule has 0 saturated carbocycles. The highest BCUT2D eigenvalue weighted by Gasteiger charge is 2.39. The number of hydrogen-bond donors (Lipinski definition) is 4. The number of aryl methyl sites for hydroxylation is 1. The van der Waals surface area contributed by atoms with Gasteiger partial charge in [-0.2, -0.15) is 8.42 Å². The van der Waals surface area contributed by atoms with Gasteiger partial charge in [0.25, 0.3) is 0 Å². The number of aromatic hydroxyl groups is 2. The van der Waals surface area contributed by atoms with Gasteiger partial charge in [0.2, 0.25) is 0 Å². The Bertz CT molecular complexity index is 1240. The summed E-state index contributed by atoms with van der Waals surface area (Å²) in [5, 5.41) is 18.6. The van der Waals surface area contributed by atoms with E-state index in [2.05, 4.69) is 79.5 Å². The van der Waals surface area contributed by atoms with Gasteiger partial charge >= 0.3 is 10.4 Å². The molecule has 0 spiro atoms. The third-order valence-electron chi connectivity index (χ3n) is 7.96. The molecule has 9 heteroatoms. The minimum absolute atomic E-state index is 0.0465. The van der Waals surface area contributed by atoms with Gasteiger partial charge in [0, 0.05) is 18.2 Å². The second-order valence-electron chi connectivity index (χ2n) is 11.1. The highest BCUT2D eigenvalue weighted by Crippen LogP contribution is 2.38. The summed E-state index contributed by atoms with van der Waals surface area (Å²) in [5.41, 5.74) is 3.44. The third-order valence-corrected chi connectivity index (χ3v) is 7.96. The van der Waals surface area contributed by atoms with Crippen LogP contribution in [0.4, 0.5) is 0 Å². The molecule has 3 aromatic carbocycles. The molecule has 3 aromatic rings. The standard InChI is InChI=1S/C21H25NO.C12H18O2.H2O4S/c1-22-18-12-13-19(22)15-20(14-18)23-21(16-8-4-2-5-9-16)17-10-6-3-7-11-17;1-2-3-4-5-6-10-7-8-11(13)9-12(10)14;1-5(2,3)4/h2-11,18-21H,12-15H2,1H3;7-9,13-14H,2-6H2,1H3;(H2,1,2,3,4). The van der Waals surface area contributed by atoms with Gasteiger partial charge in [-0.1, -0.05) is 92.9 Å². The Morgan fingerprint density at radius 2 is 1.36 bits per heavy atom. The molecule has 8 nitrogen and oxygen atoms in total. The van der Waals surface area contributed by atoms with Crippen molar-refractivity contribution >= 4 is 10.4 Å². The summed E-state index contributed by atoms with van der Waals surface area (Å²) in [4.78, 5) is 2.57. The molecule has 0 radical (unpaired) electrons. The van der Waals surface area contributed by atoms with Crippen LogP contribution in [-0.2, 0) is 21.6 Å². The summed E-state index contributed by atoms with van der Waals surface area (Å²) in [7, 11) is -2.38. The lowest BCUT2D eigenvalue weighted by atomic mass is 9.97. The SMILES string of the molecule is CCCCCCc1ccc(O)cc1O.CN1C2CCC1CC(OC(c1ccccc1)c1ccccc1)C2.O=S(=O)(O)O. The molecule has 2 saturated heterocycles. The summed E-state index contributed by atoms with van der Waals surface area (Å²) in [6, 6.07) is 27.5. The Kier molecular flexibility index (Phi) is 13.3. The van der Waals surface area contributed by atoms with Crippen LogP contribution in [0.3, 0.4) is 0 Å². The van der Waals surface area contributed by atoms with Gasteiger partial charge in [-0.25, -0.2) is 0 Å². The topological polar surface area (TPSA) is 128 Å². The summed E-state index contributed by atoms with van der Waals surface area (Å²) < 4.78 is 38.2. The first-order valence-electron chi connectivity index (χ1n) is 14.7. The average molecular weight is 600 g/mol. The van der Waals surface area contributed by atoms with E-state index in [0.717, 1.165) is 18.4 Å². The lowest BCUT2D eigenvalue weighted by molar-refractivity contribution is -0.0426. The van der Waals surface area contributed by atoms with Crippen molar-refractivity contribution in [3.05, 3.63) is 95.6 Å². The van der Waals surface area contributed by atoms with Crippen LogP contribution in [0.2, 0.25) is 0 Å². The van der Waals surface area contributed by atoms with Crippen molar-refractivity contribution in [3.63, 3.8) is 0 Å². The molecule has 0 amide bonds. The van der Waals surface area contributed by atoms with Crippen LogP contribution in [-0.4, -0.2) is 57.9 Å². The molecular weight excluding hydrogens is 554 g/mol. The van der Waals surface area contributed by atoms with Gasteiger partial charge in [0.05, 0.1) is 6.10 Å². The molecule has 0 aliphatic carbocycles. The number of phenolic OH excluding ortho intramolecular Hbond substituents is 2. The normalized spacial score (nSPS) is 19.9. The zero-order valence-corrected chi connectivity index (χ0v) is 25.4. The number of hydrogen-bond acceptors (Lipinski definition) is 6. The van der Waals surface area contributed by atoms with E-state index in [9.17, 15) is 5.11 Å². The predicted octanol–water partition coefficient (Wildman–Crippen LogP) is 6.99. The van der Waals surface area contributed by atoms with Crippen molar-refractivity contribution in [2.24, 2.45) is 0 Å². The molecule has 5 rings (SSSR count). The first kappa shape index (κ1) is 33.6. The van der Waals surface area contributed by atoms with Crippen LogP contribution in [0.5, 0.6) is 11.5 Å². The highest BCUT2D eigenvalue weighted by molar-refractivity contribution is 7.79. The van der Waals surface area contributed by atoms with E-state index < -0.39 is 10.4 Å². The molecule has 2 aliphatic heterocycles. The molecule has 230 valence electrons. The first-order chi connectivity index (χ1) is 20.0. The number of nitrogens with zero attached hydrogens (tertiary/aromatic N) is 1. The molecule has 42 heavy (non-hydrogen) atoms. The number of piperidine rings is 1. The zero-order valence-electron chi connectivity index (χ0n) is 24.5. The van der Waals surface area contributed by atoms with Crippen molar-refractivity contribution in [3.8, 4) is 11.5 Å². The van der Waals surface area contributed by atoms with Crippen molar-refractivity contribution < 1.29 is 32.5 Å². The minimum Gasteiger partial charge on any atom is -0.508 e. The molecule has 0 aromatic heterocycles. The van der Waals surface area contributed by atoms with E-state index in [1.165, 1.54) is 62.1 Å². The molecule has 2 unspecified atom stereocenters. The number of benzene rings is 3. The smallest absolute Gasteiger partial charge is 0.394 e. The van der Waals surface area contributed by atoms with Gasteiger partial charge in [-0.15, -0.1) is 0 Å². The molecule has 2 aliphatic rings. The van der Waals surface area contributed by atoms with E-state index >= 15 is 0 Å². The van der Waals surface area contributed by atoms with E-state index in [4.69, 9.17) is 27.4 Å². The molecule has 2 heterocycles. The summed E-state index contributed by atoms with van der Waals surface area (Å²) >= 11 is 0. The Balaban J connectivity index is 0.000000217. The Morgan fingerprint density at radius 3 is 1.83 bits per heavy atom. The van der Waals surface area contributed by atoms with E-state index in [0.29, 0.717) is 18.2 Å².